The third-order valence-corrected chi connectivity index (χ3v) is 4.35. The predicted octanol–water partition coefficient (Wildman–Crippen LogP) is 3.26. The maximum atomic E-state index is 12.7. The minimum Gasteiger partial charge on any atom is -0.507 e. The molecule has 0 unspecified atom stereocenters. The predicted molar refractivity (Wildman–Crippen MR) is 103 cm³/mol. The third kappa shape index (κ3) is 3.52. The van der Waals surface area contributed by atoms with E-state index in [0.29, 0.717) is 34.7 Å². The summed E-state index contributed by atoms with van der Waals surface area (Å²) in [5, 5.41) is 20.5. The Kier molecular flexibility index (Phi) is 4.92. The molecule has 6 heteroatoms. The molecular formula is C21H22NO5+. The van der Waals surface area contributed by atoms with Crippen LogP contribution in [0, 0.1) is 0 Å². The molecule has 0 bridgehead atoms. The molecule has 0 aliphatic rings. The van der Waals surface area contributed by atoms with Crippen LogP contribution in [0.1, 0.15) is 19.4 Å². The second kappa shape index (κ2) is 7.17. The van der Waals surface area contributed by atoms with E-state index in [-0.39, 0.29) is 27.9 Å². The first-order valence-corrected chi connectivity index (χ1v) is 8.47. The highest BCUT2D eigenvalue weighted by molar-refractivity contribution is 5.89. The average molecular weight is 368 g/mol. The molecule has 5 N–H and O–H groups in total. The maximum Gasteiger partial charge on any atom is 0.197 e. The standard InChI is InChI=1S/C21H21NO5/c1-11(2)4-6-13-15(23)9-16(24)20-17(25)10-18(27-21(13)20)12-5-7-14(22)19(8-12)26-3/h4-5,7-10,23-24H,6,22H2,1-3H3/p+1. The molecule has 140 valence electrons. The van der Waals surface area contributed by atoms with Crippen molar-refractivity contribution in [3.05, 3.63) is 57.8 Å². The van der Waals surface area contributed by atoms with E-state index in [0.717, 1.165) is 5.57 Å². The van der Waals surface area contributed by atoms with Gasteiger partial charge in [-0.25, -0.2) is 0 Å². The van der Waals surface area contributed by atoms with E-state index in [2.05, 4.69) is 5.73 Å². The monoisotopic (exact) mass is 368 g/mol. The van der Waals surface area contributed by atoms with Crippen LogP contribution in [0.2, 0.25) is 0 Å². The summed E-state index contributed by atoms with van der Waals surface area (Å²) in [6, 6.07) is 7.76. The highest BCUT2D eigenvalue weighted by Crippen LogP contribution is 2.36. The van der Waals surface area contributed by atoms with Crippen molar-refractivity contribution in [1.29, 1.82) is 0 Å². The molecule has 1 aromatic heterocycles. The Morgan fingerprint density at radius 2 is 1.93 bits per heavy atom. The van der Waals surface area contributed by atoms with Gasteiger partial charge >= 0.3 is 0 Å². The minimum atomic E-state index is -0.389. The number of allylic oxidation sites excluding steroid dienone is 2. The molecule has 0 aliphatic carbocycles. The molecule has 3 rings (SSSR count). The lowest BCUT2D eigenvalue weighted by Crippen LogP contribution is -2.40. The van der Waals surface area contributed by atoms with Crippen LogP contribution < -0.4 is 15.9 Å². The minimum absolute atomic E-state index is 0.0504. The van der Waals surface area contributed by atoms with Crippen LogP contribution in [0.3, 0.4) is 0 Å². The number of fused-ring (bicyclic) bond motifs is 1. The quantitative estimate of drug-likeness (QED) is 0.613. The van der Waals surface area contributed by atoms with Crippen molar-refractivity contribution in [2.24, 2.45) is 0 Å². The van der Waals surface area contributed by atoms with E-state index < -0.39 is 0 Å². The van der Waals surface area contributed by atoms with E-state index in [4.69, 9.17) is 9.15 Å². The van der Waals surface area contributed by atoms with Gasteiger partial charge in [0.2, 0.25) is 0 Å². The fourth-order valence-electron chi connectivity index (χ4n) is 2.90. The Hall–Kier alpha value is -3.25. The van der Waals surface area contributed by atoms with E-state index in [9.17, 15) is 15.0 Å². The molecule has 0 radical (unpaired) electrons. The number of hydrogen-bond acceptors (Lipinski definition) is 5. The van der Waals surface area contributed by atoms with Crippen LogP contribution in [0.25, 0.3) is 22.3 Å². The lowest BCUT2D eigenvalue weighted by Gasteiger charge is -2.11. The first-order valence-electron chi connectivity index (χ1n) is 8.47. The van der Waals surface area contributed by atoms with Gasteiger partial charge in [0.05, 0.1) is 7.11 Å². The van der Waals surface area contributed by atoms with Gasteiger partial charge in [-0.3, -0.25) is 4.79 Å². The Morgan fingerprint density at radius 3 is 2.59 bits per heavy atom. The molecule has 27 heavy (non-hydrogen) atoms. The molecule has 0 fully saturated rings. The van der Waals surface area contributed by atoms with Crippen molar-refractivity contribution in [3.8, 4) is 28.6 Å². The van der Waals surface area contributed by atoms with Gasteiger partial charge in [-0.1, -0.05) is 11.6 Å². The van der Waals surface area contributed by atoms with Gasteiger partial charge in [-0.05, 0) is 32.4 Å². The fraction of sp³-hybridized carbons (Fsp3) is 0.190. The van der Waals surface area contributed by atoms with Crippen molar-refractivity contribution >= 4 is 16.7 Å². The molecule has 6 nitrogen and oxygen atoms in total. The zero-order valence-electron chi connectivity index (χ0n) is 15.5. The highest BCUT2D eigenvalue weighted by Gasteiger charge is 2.18. The third-order valence-electron chi connectivity index (χ3n) is 4.35. The summed E-state index contributed by atoms with van der Waals surface area (Å²) in [6.45, 7) is 3.88. The fourth-order valence-corrected chi connectivity index (χ4v) is 2.90. The smallest absolute Gasteiger partial charge is 0.197 e. The number of methoxy groups -OCH3 is 1. The van der Waals surface area contributed by atoms with Crippen LogP contribution in [0.15, 0.2) is 51.2 Å². The SMILES string of the molecule is COc1cc(-c2cc(=O)c3c(O)cc(O)c(CC=C(C)C)c3o2)ccc1[NH3+]. The van der Waals surface area contributed by atoms with Gasteiger partial charge in [0.25, 0.3) is 0 Å². The van der Waals surface area contributed by atoms with Crippen LogP contribution in [-0.2, 0) is 6.42 Å². The number of benzene rings is 2. The number of phenolic OH excluding ortho intramolecular Hbond substituents is 2. The van der Waals surface area contributed by atoms with Gasteiger partial charge in [-0.2, -0.15) is 0 Å². The molecule has 3 aromatic rings. The normalized spacial score (nSPS) is 10.8. The summed E-state index contributed by atoms with van der Waals surface area (Å²) in [5.41, 5.74) is 6.52. The van der Waals surface area contributed by atoms with Crippen molar-refractivity contribution < 1.29 is 25.1 Å². The van der Waals surface area contributed by atoms with E-state index in [1.165, 1.54) is 19.2 Å². The molecule has 0 saturated carbocycles. The average Bonchev–Trinajstić information content (AvgIpc) is 2.60. The van der Waals surface area contributed by atoms with Crippen LogP contribution in [0.5, 0.6) is 17.2 Å². The number of ether oxygens (including phenoxy) is 1. The zero-order valence-corrected chi connectivity index (χ0v) is 15.5. The number of rotatable bonds is 4. The van der Waals surface area contributed by atoms with Gasteiger partial charge in [0.15, 0.2) is 16.9 Å². The van der Waals surface area contributed by atoms with Crippen LogP contribution in [0.4, 0.5) is 5.69 Å². The summed E-state index contributed by atoms with van der Waals surface area (Å²) in [5.74, 6) is 0.450. The topological polar surface area (TPSA) is 108 Å². The maximum absolute atomic E-state index is 12.7. The number of aromatic hydroxyl groups is 2. The van der Waals surface area contributed by atoms with Crippen molar-refractivity contribution in [3.63, 3.8) is 0 Å². The van der Waals surface area contributed by atoms with E-state index in [1.807, 2.05) is 19.9 Å². The Bertz CT molecular complexity index is 1110. The summed E-state index contributed by atoms with van der Waals surface area (Å²) < 4.78 is 11.2. The summed E-state index contributed by atoms with van der Waals surface area (Å²) in [6.07, 6.45) is 2.29. The molecule has 0 spiro atoms. The van der Waals surface area contributed by atoms with Crippen molar-refractivity contribution in [1.82, 2.24) is 0 Å². The van der Waals surface area contributed by atoms with Gasteiger partial charge in [-0.15, -0.1) is 0 Å². The van der Waals surface area contributed by atoms with Crippen molar-refractivity contribution in [2.45, 2.75) is 20.3 Å². The Balaban J connectivity index is 2.30. The molecule has 2 aromatic carbocycles. The van der Waals surface area contributed by atoms with Crippen molar-refractivity contribution in [2.75, 3.05) is 7.11 Å². The number of quaternary nitrogens is 1. The molecule has 0 saturated heterocycles. The molecular weight excluding hydrogens is 346 g/mol. The number of hydrogen-bond donors (Lipinski definition) is 3. The molecule has 0 atom stereocenters. The summed E-state index contributed by atoms with van der Waals surface area (Å²) in [4.78, 5) is 12.7. The molecule has 0 aliphatic heterocycles. The lowest BCUT2D eigenvalue weighted by atomic mass is 10.0. The Morgan fingerprint density at radius 1 is 1.19 bits per heavy atom. The van der Waals surface area contributed by atoms with Crippen LogP contribution in [-0.4, -0.2) is 17.3 Å². The number of phenols is 2. The highest BCUT2D eigenvalue weighted by atomic mass is 16.5. The summed E-state index contributed by atoms with van der Waals surface area (Å²) in [7, 11) is 1.54. The second-order valence-corrected chi connectivity index (χ2v) is 6.58. The first-order chi connectivity index (χ1) is 12.8. The molecule has 0 amide bonds. The van der Waals surface area contributed by atoms with Gasteiger partial charge in [0.1, 0.15) is 28.2 Å². The lowest BCUT2D eigenvalue weighted by molar-refractivity contribution is -0.256. The van der Waals surface area contributed by atoms with Crippen LogP contribution >= 0.6 is 0 Å². The van der Waals surface area contributed by atoms with Gasteiger partial charge in [0, 0.05) is 29.3 Å². The summed E-state index contributed by atoms with van der Waals surface area (Å²) >= 11 is 0. The largest absolute Gasteiger partial charge is 0.507 e. The molecule has 1 heterocycles. The van der Waals surface area contributed by atoms with E-state index >= 15 is 0 Å². The first kappa shape index (κ1) is 18.5. The Labute approximate surface area is 156 Å². The van der Waals surface area contributed by atoms with E-state index in [1.54, 1.807) is 18.2 Å². The second-order valence-electron chi connectivity index (χ2n) is 6.58. The van der Waals surface area contributed by atoms with Gasteiger partial charge < -0.3 is 25.1 Å². The zero-order chi connectivity index (χ0) is 19.7.